The van der Waals surface area contributed by atoms with Gasteiger partial charge in [-0.2, -0.15) is 0 Å². The van der Waals surface area contributed by atoms with Crippen molar-refractivity contribution in [2.75, 3.05) is 27.3 Å². The lowest BCUT2D eigenvalue weighted by molar-refractivity contribution is 0.0934. The number of carbonyl (C=O) groups excluding carboxylic acids is 1. The van der Waals surface area contributed by atoms with Crippen molar-refractivity contribution < 1.29 is 14.3 Å². The number of rotatable bonds is 5. The summed E-state index contributed by atoms with van der Waals surface area (Å²) in [7, 11) is 3.21. The van der Waals surface area contributed by atoms with Gasteiger partial charge in [0.25, 0.3) is 5.91 Å². The van der Waals surface area contributed by atoms with Gasteiger partial charge in [0.1, 0.15) is 9.88 Å². The van der Waals surface area contributed by atoms with Crippen molar-refractivity contribution >= 4 is 17.2 Å². The number of ether oxygens (including phenoxy) is 2. The summed E-state index contributed by atoms with van der Waals surface area (Å²) in [5.74, 6) is 1.27. The lowest BCUT2D eigenvalue weighted by atomic mass is 10.1. The van der Waals surface area contributed by atoms with Crippen molar-refractivity contribution in [1.29, 1.82) is 0 Å². The summed E-state index contributed by atoms with van der Waals surface area (Å²) < 4.78 is 10.6. The number of hydrogen-bond donors (Lipinski definition) is 2. The van der Waals surface area contributed by atoms with Gasteiger partial charge >= 0.3 is 0 Å². The van der Waals surface area contributed by atoms with Crippen LogP contribution in [0.15, 0.2) is 18.2 Å². The number of thiazole rings is 1. The molecule has 0 bridgehead atoms. The van der Waals surface area contributed by atoms with E-state index >= 15 is 0 Å². The fourth-order valence-corrected chi connectivity index (χ4v) is 3.89. The van der Waals surface area contributed by atoms with E-state index in [2.05, 4.69) is 15.6 Å². The zero-order valence-corrected chi connectivity index (χ0v) is 15.5. The fourth-order valence-electron chi connectivity index (χ4n) is 2.93. The third-order valence-electron chi connectivity index (χ3n) is 4.27. The van der Waals surface area contributed by atoms with Crippen LogP contribution in [0.2, 0.25) is 0 Å². The highest BCUT2D eigenvalue weighted by molar-refractivity contribution is 7.17. The number of aromatic nitrogens is 1. The van der Waals surface area contributed by atoms with E-state index in [0.717, 1.165) is 42.2 Å². The Bertz CT molecular complexity index is 754. The molecule has 6 nitrogen and oxygen atoms in total. The molecular weight excluding hydrogens is 338 g/mol. The molecule has 2 aromatic rings. The van der Waals surface area contributed by atoms with Gasteiger partial charge in [0.15, 0.2) is 11.5 Å². The van der Waals surface area contributed by atoms with E-state index in [0.29, 0.717) is 16.4 Å². The summed E-state index contributed by atoms with van der Waals surface area (Å²) >= 11 is 1.40. The van der Waals surface area contributed by atoms with Crippen LogP contribution in [0.3, 0.4) is 0 Å². The smallest absolute Gasteiger partial charge is 0.263 e. The topological polar surface area (TPSA) is 72.5 Å². The lowest BCUT2D eigenvalue weighted by Gasteiger charge is -2.23. The van der Waals surface area contributed by atoms with Crippen molar-refractivity contribution in [3.63, 3.8) is 0 Å². The first-order chi connectivity index (χ1) is 12.1. The number of nitrogens with one attached hydrogen (secondary N) is 2. The number of aryl methyl sites for hydroxylation is 1. The first-order valence-electron chi connectivity index (χ1n) is 8.33. The second kappa shape index (κ2) is 7.84. The van der Waals surface area contributed by atoms with E-state index in [4.69, 9.17) is 9.47 Å². The minimum Gasteiger partial charge on any atom is -0.493 e. The number of amides is 1. The van der Waals surface area contributed by atoms with Crippen LogP contribution in [0, 0.1) is 6.92 Å². The van der Waals surface area contributed by atoms with E-state index in [1.54, 1.807) is 14.2 Å². The zero-order valence-electron chi connectivity index (χ0n) is 14.7. The number of piperidine rings is 1. The van der Waals surface area contributed by atoms with Gasteiger partial charge in [-0.1, -0.05) is 0 Å². The number of nitrogens with zero attached hydrogens (tertiary/aromatic N) is 1. The minimum atomic E-state index is -0.0459. The SMILES string of the molecule is COc1ccc(-c2nc(C)c(C(=O)N[C@H]3CCCNC3)s2)cc1OC. The second-order valence-corrected chi connectivity index (χ2v) is 7.02. The molecule has 1 aliphatic rings. The Kier molecular flexibility index (Phi) is 5.55. The van der Waals surface area contributed by atoms with Gasteiger partial charge in [-0.25, -0.2) is 4.98 Å². The quantitative estimate of drug-likeness (QED) is 0.856. The maximum Gasteiger partial charge on any atom is 0.263 e. The number of hydrogen-bond acceptors (Lipinski definition) is 6. The lowest BCUT2D eigenvalue weighted by Crippen LogP contribution is -2.45. The molecule has 3 rings (SSSR count). The Morgan fingerprint density at radius 1 is 1.32 bits per heavy atom. The van der Waals surface area contributed by atoms with E-state index in [1.165, 1.54) is 11.3 Å². The molecule has 0 spiro atoms. The summed E-state index contributed by atoms with van der Waals surface area (Å²) in [5, 5.41) is 7.21. The summed E-state index contributed by atoms with van der Waals surface area (Å²) in [6.07, 6.45) is 2.10. The monoisotopic (exact) mass is 361 g/mol. The van der Waals surface area contributed by atoms with E-state index in [9.17, 15) is 4.79 Å². The Morgan fingerprint density at radius 2 is 2.12 bits per heavy atom. The van der Waals surface area contributed by atoms with Crippen molar-refractivity contribution in [3.8, 4) is 22.1 Å². The van der Waals surface area contributed by atoms with Gasteiger partial charge in [0.2, 0.25) is 0 Å². The summed E-state index contributed by atoms with van der Waals surface area (Å²) in [6.45, 7) is 3.72. The molecule has 1 atom stereocenters. The van der Waals surface area contributed by atoms with Gasteiger partial charge in [-0.15, -0.1) is 11.3 Å². The number of methoxy groups -OCH3 is 2. The first kappa shape index (κ1) is 17.7. The molecule has 134 valence electrons. The van der Waals surface area contributed by atoms with Crippen LogP contribution >= 0.6 is 11.3 Å². The van der Waals surface area contributed by atoms with Gasteiger partial charge in [0, 0.05) is 18.2 Å². The van der Waals surface area contributed by atoms with E-state index in [-0.39, 0.29) is 11.9 Å². The average Bonchev–Trinajstić information content (AvgIpc) is 3.03. The van der Waals surface area contributed by atoms with Crippen molar-refractivity contribution in [2.45, 2.75) is 25.8 Å². The number of benzene rings is 1. The van der Waals surface area contributed by atoms with Crippen LogP contribution in [0.25, 0.3) is 10.6 Å². The molecule has 2 heterocycles. The van der Waals surface area contributed by atoms with Crippen LogP contribution in [0.4, 0.5) is 0 Å². The van der Waals surface area contributed by atoms with Crippen LogP contribution in [0.5, 0.6) is 11.5 Å². The van der Waals surface area contributed by atoms with E-state index < -0.39 is 0 Å². The van der Waals surface area contributed by atoms with Crippen LogP contribution in [-0.2, 0) is 0 Å². The Balaban J connectivity index is 1.81. The standard InChI is InChI=1S/C18H23N3O3S/c1-11-16(17(22)21-13-5-4-8-19-10-13)25-18(20-11)12-6-7-14(23-2)15(9-12)24-3/h6-7,9,13,19H,4-5,8,10H2,1-3H3,(H,21,22)/t13-/m0/s1. The molecule has 0 saturated carbocycles. The second-order valence-electron chi connectivity index (χ2n) is 6.02. The molecular formula is C18H23N3O3S. The Morgan fingerprint density at radius 3 is 2.80 bits per heavy atom. The van der Waals surface area contributed by atoms with Crippen molar-refractivity contribution in [3.05, 3.63) is 28.8 Å². The van der Waals surface area contributed by atoms with Crippen LogP contribution in [0.1, 0.15) is 28.2 Å². The highest BCUT2D eigenvalue weighted by Gasteiger charge is 2.21. The normalized spacial score (nSPS) is 17.2. The van der Waals surface area contributed by atoms with E-state index in [1.807, 2.05) is 25.1 Å². The maximum atomic E-state index is 12.6. The molecule has 1 aromatic heterocycles. The summed E-state index contributed by atoms with van der Waals surface area (Å²) in [6, 6.07) is 5.83. The van der Waals surface area contributed by atoms with Gasteiger partial charge in [-0.3, -0.25) is 4.79 Å². The van der Waals surface area contributed by atoms with Gasteiger partial charge in [-0.05, 0) is 44.5 Å². The van der Waals surface area contributed by atoms with Gasteiger partial charge < -0.3 is 20.1 Å². The maximum absolute atomic E-state index is 12.6. The molecule has 7 heteroatoms. The Hall–Kier alpha value is -2.12. The summed E-state index contributed by atoms with van der Waals surface area (Å²) in [4.78, 5) is 17.8. The third-order valence-corrected chi connectivity index (χ3v) is 5.47. The molecule has 25 heavy (non-hydrogen) atoms. The average molecular weight is 361 g/mol. The van der Waals surface area contributed by atoms with Crippen LogP contribution < -0.4 is 20.1 Å². The minimum absolute atomic E-state index is 0.0459. The molecule has 2 N–H and O–H groups in total. The van der Waals surface area contributed by atoms with Crippen molar-refractivity contribution in [1.82, 2.24) is 15.6 Å². The van der Waals surface area contributed by atoms with Gasteiger partial charge in [0.05, 0.1) is 19.9 Å². The molecule has 1 saturated heterocycles. The predicted octanol–water partition coefficient (Wildman–Crippen LogP) is 2.62. The largest absolute Gasteiger partial charge is 0.493 e. The molecule has 1 aliphatic heterocycles. The molecule has 1 amide bonds. The molecule has 1 fully saturated rings. The highest BCUT2D eigenvalue weighted by atomic mass is 32.1. The third kappa shape index (κ3) is 3.93. The van der Waals surface area contributed by atoms with Crippen LogP contribution in [-0.4, -0.2) is 44.2 Å². The predicted molar refractivity (Wildman–Crippen MR) is 98.7 cm³/mol. The highest BCUT2D eigenvalue weighted by Crippen LogP contribution is 2.35. The molecule has 0 aliphatic carbocycles. The van der Waals surface area contributed by atoms with Crippen molar-refractivity contribution in [2.24, 2.45) is 0 Å². The molecule has 0 radical (unpaired) electrons. The number of carbonyl (C=O) groups is 1. The fraction of sp³-hybridized carbons (Fsp3) is 0.444. The molecule has 1 aromatic carbocycles. The first-order valence-corrected chi connectivity index (χ1v) is 9.15. The Labute approximate surface area is 151 Å². The molecule has 0 unspecified atom stereocenters. The zero-order chi connectivity index (χ0) is 17.8. The summed E-state index contributed by atoms with van der Waals surface area (Å²) in [5.41, 5.74) is 1.65.